The molecule has 16 heavy (non-hydrogen) atoms. The molecule has 0 aliphatic carbocycles. The summed E-state index contributed by atoms with van der Waals surface area (Å²) in [5.41, 5.74) is 0. The third kappa shape index (κ3) is 4.05. The molecule has 1 rings (SSSR count). The van der Waals surface area contributed by atoms with Crippen LogP contribution < -0.4 is 4.72 Å². The lowest BCUT2D eigenvalue weighted by molar-refractivity contribution is 0.481. The highest BCUT2D eigenvalue weighted by Gasteiger charge is 2.16. The maximum absolute atomic E-state index is 11.8. The zero-order valence-corrected chi connectivity index (χ0v) is 11.5. The average molecular weight is 282 g/mol. The van der Waals surface area contributed by atoms with Gasteiger partial charge in [0.15, 0.2) is 0 Å². The average Bonchev–Trinajstić information content (AvgIpc) is 2.78. The minimum Gasteiger partial charge on any atom is -0.210 e. The summed E-state index contributed by atoms with van der Waals surface area (Å²) in [6.45, 7) is 2.50. The van der Waals surface area contributed by atoms with Crippen molar-refractivity contribution in [2.24, 2.45) is 5.92 Å². The lowest BCUT2D eigenvalue weighted by atomic mass is 10.0. The first-order valence-electron chi connectivity index (χ1n) is 5.19. The van der Waals surface area contributed by atoms with Crippen LogP contribution in [0.2, 0.25) is 0 Å². The quantitative estimate of drug-likeness (QED) is 0.781. The predicted octanol–water partition coefficient (Wildman–Crippen LogP) is 2.68. The molecule has 1 aromatic rings. The van der Waals surface area contributed by atoms with Crippen LogP contribution in [0, 0.1) is 5.92 Å². The number of alkyl halides is 1. The number of rotatable bonds is 7. The van der Waals surface area contributed by atoms with Gasteiger partial charge < -0.3 is 0 Å². The molecule has 1 aromatic heterocycles. The molecule has 1 N–H and O–H groups in total. The van der Waals surface area contributed by atoms with E-state index in [1.807, 2.05) is 6.92 Å². The second-order valence-electron chi connectivity index (χ2n) is 3.54. The highest BCUT2D eigenvalue weighted by molar-refractivity contribution is 7.91. The van der Waals surface area contributed by atoms with Crippen molar-refractivity contribution in [2.45, 2.75) is 24.0 Å². The normalized spacial score (nSPS) is 13.9. The number of sulfonamides is 1. The van der Waals surface area contributed by atoms with Crippen molar-refractivity contribution in [2.75, 3.05) is 12.4 Å². The molecule has 0 saturated heterocycles. The van der Waals surface area contributed by atoms with Crippen molar-refractivity contribution < 1.29 is 8.42 Å². The number of thiophene rings is 1. The van der Waals surface area contributed by atoms with E-state index < -0.39 is 10.0 Å². The Morgan fingerprint density at radius 2 is 2.31 bits per heavy atom. The number of halogens is 1. The van der Waals surface area contributed by atoms with E-state index >= 15 is 0 Å². The van der Waals surface area contributed by atoms with Crippen LogP contribution in [0.15, 0.2) is 21.7 Å². The maximum atomic E-state index is 11.8. The molecular formula is C10H16ClNO2S2. The van der Waals surface area contributed by atoms with Gasteiger partial charge in [-0.05, 0) is 23.8 Å². The number of hydrogen-bond donors (Lipinski definition) is 1. The zero-order chi connectivity index (χ0) is 12.0. The van der Waals surface area contributed by atoms with Gasteiger partial charge in [0, 0.05) is 12.4 Å². The minimum absolute atomic E-state index is 0.312. The Kier molecular flexibility index (Phi) is 5.75. The summed E-state index contributed by atoms with van der Waals surface area (Å²) in [5, 5.41) is 1.75. The van der Waals surface area contributed by atoms with Crippen LogP contribution >= 0.6 is 22.9 Å². The molecule has 1 atom stereocenters. The van der Waals surface area contributed by atoms with Gasteiger partial charge in [-0.15, -0.1) is 22.9 Å². The van der Waals surface area contributed by atoms with Crippen molar-refractivity contribution in [1.82, 2.24) is 4.72 Å². The van der Waals surface area contributed by atoms with Crippen LogP contribution in [0.25, 0.3) is 0 Å². The van der Waals surface area contributed by atoms with E-state index in [9.17, 15) is 8.42 Å². The summed E-state index contributed by atoms with van der Waals surface area (Å²) in [6.07, 6.45) is 1.77. The first-order valence-corrected chi connectivity index (χ1v) is 8.09. The summed E-state index contributed by atoms with van der Waals surface area (Å²) in [7, 11) is -3.31. The molecular weight excluding hydrogens is 266 g/mol. The monoisotopic (exact) mass is 281 g/mol. The number of nitrogens with one attached hydrogen (secondary N) is 1. The van der Waals surface area contributed by atoms with E-state index in [2.05, 4.69) is 4.72 Å². The van der Waals surface area contributed by atoms with E-state index in [1.165, 1.54) is 11.3 Å². The zero-order valence-electron chi connectivity index (χ0n) is 9.15. The smallest absolute Gasteiger partial charge is 0.210 e. The summed E-state index contributed by atoms with van der Waals surface area (Å²) in [4.78, 5) is 0. The Labute approximate surface area is 106 Å². The SMILES string of the molecule is CCC(CCCl)CNS(=O)(=O)c1cccs1. The first kappa shape index (κ1) is 14.0. The highest BCUT2D eigenvalue weighted by atomic mass is 35.5. The van der Waals surface area contributed by atoms with Crippen LogP contribution in [0.3, 0.4) is 0 Å². The third-order valence-corrected chi connectivity index (χ3v) is 5.46. The standard InChI is InChI=1S/C10H16ClNO2S2/c1-2-9(5-6-11)8-12-16(13,14)10-4-3-7-15-10/h3-4,7,9,12H,2,5-6,8H2,1H3. The van der Waals surface area contributed by atoms with Crippen molar-refractivity contribution in [3.8, 4) is 0 Å². The highest BCUT2D eigenvalue weighted by Crippen LogP contribution is 2.16. The Morgan fingerprint density at radius 1 is 1.56 bits per heavy atom. The first-order chi connectivity index (χ1) is 7.60. The molecule has 1 unspecified atom stereocenters. The van der Waals surface area contributed by atoms with Gasteiger partial charge in [-0.25, -0.2) is 13.1 Å². The summed E-state index contributed by atoms with van der Waals surface area (Å²) < 4.78 is 26.6. The summed E-state index contributed by atoms with van der Waals surface area (Å²) in [5.74, 6) is 0.881. The van der Waals surface area contributed by atoms with E-state index in [0.717, 1.165) is 12.8 Å². The lowest BCUT2D eigenvalue weighted by Gasteiger charge is -2.13. The maximum Gasteiger partial charge on any atom is 0.250 e. The molecule has 92 valence electrons. The molecule has 0 aliphatic rings. The predicted molar refractivity (Wildman–Crippen MR) is 68.6 cm³/mol. The Bertz CT molecular complexity index is 389. The molecule has 0 bridgehead atoms. The second kappa shape index (κ2) is 6.59. The topological polar surface area (TPSA) is 46.2 Å². The van der Waals surface area contributed by atoms with Gasteiger partial charge in [0.2, 0.25) is 10.0 Å². The van der Waals surface area contributed by atoms with Gasteiger partial charge in [0.05, 0.1) is 0 Å². The molecule has 0 fully saturated rings. The van der Waals surface area contributed by atoms with Crippen molar-refractivity contribution in [1.29, 1.82) is 0 Å². The molecule has 0 amide bonds. The van der Waals surface area contributed by atoms with E-state index in [1.54, 1.807) is 17.5 Å². The van der Waals surface area contributed by atoms with Crippen LogP contribution in [0.1, 0.15) is 19.8 Å². The fraction of sp³-hybridized carbons (Fsp3) is 0.600. The molecule has 0 aromatic carbocycles. The van der Waals surface area contributed by atoms with Gasteiger partial charge in [0.1, 0.15) is 4.21 Å². The van der Waals surface area contributed by atoms with E-state index in [4.69, 9.17) is 11.6 Å². The Morgan fingerprint density at radius 3 is 2.81 bits per heavy atom. The third-order valence-electron chi connectivity index (χ3n) is 2.42. The molecule has 0 spiro atoms. The minimum atomic E-state index is -3.31. The van der Waals surface area contributed by atoms with Gasteiger partial charge in [-0.3, -0.25) is 0 Å². The fourth-order valence-corrected chi connectivity index (χ4v) is 3.78. The van der Waals surface area contributed by atoms with Crippen LogP contribution in [0.4, 0.5) is 0 Å². The van der Waals surface area contributed by atoms with Crippen molar-refractivity contribution in [3.05, 3.63) is 17.5 Å². The van der Waals surface area contributed by atoms with E-state index in [0.29, 0.717) is 22.6 Å². The Balaban J connectivity index is 2.54. The molecule has 1 heterocycles. The van der Waals surface area contributed by atoms with Gasteiger partial charge in [-0.1, -0.05) is 19.4 Å². The van der Waals surface area contributed by atoms with E-state index in [-0.39, 0.29) is 0 Å². The second-order valence-corrected chi connectivity index (χ2v) is 6.86. The summed E-state index contributed by atoms with van der Waals surface area (Å²) >= 11 is 6.88. The van der Waals surface area contributed by atoms with Crippen LogP contribution in [-0.2, 0) is 10.0 Å². The van der Waals surface area contributed by atoms with Gasteiger partial charge >= 0.3 is 0 Å². The molecule has 0 saturated carbocycles. The van der Waals surface area contributed by atoms with Crippen LogP contribution in [-0.4, -0.2) is 20.8 Å². The summed E-state index contributed by atoms with van der Waals surface area (Å²) in [6, 6.07) is 3.34. The molecule has 0 aliphatic heterocycles. The number of hydrogen-bond acceptors (Lipinski definition) is 3. The lowest BCUT2D eigenvalue weighted by Crippen LogP contribution is -2.28. The largest absolute Gasteiger partial charge is 0.250 e. The van der Waals surface area contributed by atoms with Crippen LogP contribution in [0.5, 0.6) is 0 Å². The van der Waals surface area contributed by atoms with Gasteiger partial charge in [0.25, 0.3) is 0 Å². The van der Waals surface area contributed by atoms with Crippen molar-refractivity contribution in [3.63, 3.8) is 0 Å². The molecule has 3 nitrogen and oxygen atoms in total. The molecule has 0 radical (unpaired) electrons. The fourth-order valence-electron chi connectivity index (χ4n) is 1.32. The van der Waals surface area contributed by atoms with Crippen molar-refractivity contribution >= 4 is 33.0 Å². The van der Waals surface area contributed by atoms with Gasteiger partial charge in [-0.2, -0.15) is 0 Å². The molecule has 6 heteroatoms. The Hall–Kier alpha value is -0.100.